The number of nitrogens with one attached hydrogen (secondary N) is 1. The van der Waals surface area contributed by atoms with Crippen LogP contribution < -0.4 is 5.32 Å². The summed E-state index contributed by atoms with van der Waals surface area (Å²) in [5.74, 6) is 1.94. The number of likely N-dealkylation sites (tertiary alicyclic amines) is 1. The van der Waals surface area contributed by atoms with Crippen molar-refractivity contribution in [3.8, 4) is 0 Å². The van der Waals surface area contributed by atoms with E-state index in [9.17, 15) is 0 Å². The number of piperidine rings is 1. The monoisotopic (exact) mass is 280 g/mol. The van der Waals surface area contributed by atoms with Gasteiger partial charge in [-0.2, -0.15) is 0 Å². The van der Waals surface area contributed by atoms with Gasteiger partial charge in [0, 0.05) is 18.6 Å². The van der Waals surface area contributed by atoms with Crippen LogP contribution in [0.2, 0.25) is 0 Å². The Morgan fingerprint density at radius 1 is 1.05 bits per heavy atom. The van der Waals surface area contributed by atoms with Gasteiger partial charge in [-0.05, 0) is 57.0 Å². The van der Waals surface area contributed by atoms with Crippen LogP contribution in [0.15, 0.2) is 0 Å². The van der Waals surface area contributed by atoms with E-state index in [1.165, 1.54) is 64.5 Å². The molecule has 0 radical (unpaired) electrons. The van der Waals surface area contributed by atoms with E-state index in [2.05, 4.69) is 31.0 Å². The van der Waals surface area contributed by atoms with Gasteiger partial charge in [0.15, 0.2) is 0 Å². The van der Waals surface area contributed by atoms with Crippen LogP contribution in [-0.2, 0) is 0 Å². The minimum atomic E-state index is 0.753. The summed E-state index contributed by atoms with van der Waals surface area (Å²) in [6.45, 7) is 10.8. The van der Waals surface area contributed by atoms with Gasteiger partial charge < -0.3 is 5.32 Å². The van der Waals surface area contributed by atoms with Crippen molar-refractivity contribution in [3.63, 3.8) is 0 Å². The van der Waals surface area contributed by atoms with Crippen LogP contribution in [0, 0.1) is 11.8 Å². The molecular formula is C18H36N2. The predicted molar refractivity (Wildman–Crippen MR) is 88.1 cm³/mol. The molecule has 1 saturated carbocycles. The van der Waals surface area contributed by atoms with Crippen molar-refractivity contribution in [2.75, 3.05) is 19.6 Å². The smallest absolute Gasteiger partial charge is 0.0252 e. The maximum Gasteiger partial charge on any atom is 0.0252 e. The molecule has 2 nitrogen and oxygen atoms in total. The van der Waals surface area contributed by atoms with Crippen molar-refractivity contribution in [1.82, 2.24) is 10.2 Å². The quantitative estimate of drug-likeness (QED) is 0.789. The molecule has 4 atom stereocenters. The van der Waals surface area contributed by atoms with E-state index >= 15 is 0 Å². The maximum absolute atomic E-state index is 3.79. The highest BCUT2D eigenvalue weighted by Crippen LogP contribution is 2.33. The second-order valence-corrected chi connectivity index (χ2v) is 7.11. The lowest BCUT2D eigenvalue weighted by atomic mass is 9.78. The Hall–Kier alpha value is -0.0800. The average molecular weight is 281 g/mol. The van der Waals surface area contributed by atoms with Crippen LogP contribution in [0.1, 0.15) is 72.1 Å². The molecule has 1 aliphatic carbocycles. The molecule has 2 fully saturated rings. The van der Waals surface area contributed by atoms with Crippen LogP contribution in [-0.4, -0.2) is 36.6 Å². The first-order valence-corrected chi connectivity index (χ1v) is 9.25. The van der Waals surface area contributed by atoms with E-state index < -0.39 is 0 Å². The SMILES string of the molecule is CCCC1CCC(NCC)C(N2CCCC(CC)C2)C1. The van der Waals surface area contributed by atoms with Gasteiger partial charge in [-0.25, -0.2) is 0 Å². The Morgan fingerprint density at radius 3 is 2.60 bits per heavy atom. The Morgan fingerprint density at radius 2 is 1.90 bits per heavy atom. The molecule has 20 heavy (non-hydrogen) atoms. The van der Waals surface area contributed by atoms with Gasteiger partial charge in [0.05, 0.1) is 0 Å². The summed E-state index contributed by atoms with van der Waals surface area (Å²) in [4.78, 5) is 2.85. The Bertz CT molecular complexity index is 266. The van der Waals surface area contributed by atoms with Crippen LogP contribution in [0.5, 0.6) is 0 Å². The lowest BCUT2D eigenvalue weighted by Crippen LogP contribution is -2.55. The fraction of sp³-hybridized carbons (Fsp3) is 1.00. The molecule has 4 unspecified atom stereocenters. The largest absolute Gasteiger partial charge is 0.313 e. The fourth-order valence-electron chi connectivity index (χ4n) is 4.54. The van der Waals surface area contributed by atoms with Gasteiger partial charge >= 0.3 is 0 Å². The molecule has 0 spiro atoms. The molecule has 1 N–H and O–H groups in total. The molecule has 1 saturated heterocycles. The van der Waals surface area contributed by atoms with Gasteiger partial charge in [0.2, 0.25) is 0 Å². The van der Waals surface area contributed by atoms with Gasteiger partial charge in [0.25, 0.3) is 0 Å². The molecule has 2 aliphatic rings. The molecule has 0 aromatic heterocycles. The molecule has 1 aliphatic heterocycles. The van der Waals surface area contributed by atoms with Gasteiger partial charge in [-0.3, -0.25) is 4.90 Å². The van der Waals surface area contributed by atoms with E-state index in [-0.39, 0.29) is 0 Å². The summed E-state index contributed by atoms with van der Waals surface area (Å²) in [6.07, 6.45) is 11.4. The van der Waals surface area contributed by atoms with E-state index in [4.69, 9.17) is 0 Å². The summed E-state index contributed by atoms with van der Waals surface area (Å²) >= 11 is 0. The summed E-state index contributed by atoms with van der Waals surface area (Å²) in [5, 5.41) is 3.79. The van der Waals surface area contributed by atoms with E-state index in [1.54, 1.807) is 0 Å². The second kappa shape index (κ2) is 8.38. The highest BCUT2D eigenvalue weighted by Gasteiger charge is 2.35. The van der Waals surface area contributed by atoms with E-state index in [1.807, 2.05) is 0 Å². The molecule has 1 heterocycles. The lowest BCUT2D eigenvalue weighted by Gasteiger charge is -2.46. The lowest BCUT2D eigenvalue weighted by molar-refractivity contribution is 0.0566. The predicted octanol–water partition coefficient (Wildman–Crippen LogP) is 4.06. The topological polar surface area (TPSA) is 15.3 Å². The number of hydrogen-bond acceptors (Lipinski definition) is 2. The zero-order chi connectivity index (χ0) is 14.4. The molecule has 0 bridgehead atoms. The third kappa shape index (κ3) is 4.21. The molecule has 118 valence electrons. The Balaban J connectivity index is 1.98. The minimum Gasteiger partial charge on any atom is -0.313 e. The van der Waals surface area contributed by atoms with Crippen molar-refractivity contribution in [1.29, 1.82) is 0 Å². The summed E-state index contributed by atoms with van der Waals surface area (Å²) in [5.41, 5.74) is 0. The zero-order valence-electron chi connectivity index (χ0n) is 14.0. The molecule has 2 heteroatoms. The second-order valence-electron chi connectivity index (χ2n) is 7.11. The van der Waals surface area contributed by atoms with Gasteiger partial charge in [0.1, 0.15) is 0 Å². The van der Waals surface area contributed by atoms with Gasteiger partial charge in [-0.15, -0.1) is 0 Å². The first-order chi connectivity index (χ1) is 9.78. The molecular weight excluding hydrogens is 244 g/mol. The zero-order valence-corrected chi connectivity index (χ0v) is 14.0. The van der Waals surface area contributed by atoms with Crippen molar-refractivity contribution >= 4 is 0 Å². The molecule has 0 amide bonds. The Kier molecular flexibility index (Phi) is 6.83. The Labute approximate surface area is 126 Å². The van der Waals surface area contributed by atoms with E-state index in [0.29, 0.717) is 0 Å². The standard InChI is InChI=1S/C18H36N2/c1-4-8-16-10-11-17(19-6-3)18(13-16)20-12-7-9-15(5-2)14-20/h15-19H,4-14H2,1-3H3. The number of nitrogens with zero attached hydrogens (tertiary/aromatic N) is 1. The van der Waals surface area contributed by atoms with Crippen LogP contribution >= 0.6 is 0 Å². The highest BCUT2D eigenvalue weighted by atomic mass is 15.2. The van der Waals surface area contributed by atoms with Crippen molar-refractivity contribution in [2.24, 2.45) is 11.8 Å². The molecule has 2 rings (SSSR count). The number of rotatable bonds is 6. The number of likely N-dealkylation sites (N-methyl/N-ethyl adjacent to an activating group) is 1. The molecule has 0 aromatic rings. The normalized spacial score (nSPS) is 36.1. The highest BCUT2D eigenvalue weighted by molar-refractivity contribution is 4.92. The van der Waals surface area contributed by atoms with Crippen molar-refractivity contribution in [2.45, 2.75) is 84.2 Å². The first kappa shape index (κ1) is 16.3. The first-order valence-electron chi connectivity index (χ1n) is 9.25. The van der Waals surface area contributed by atoms with Gasteiger partial charge in [-0.1, -0.05) is 40.0 Å². The van der Waals surface area contributed by atoms with Crippen molar-refractivity contribution < 1.29 is 0 Å². The van der Waals surface area contributed by atoms with Crippen molar-refractivity contribution in [3.05, 3.63) is 0 Å². The average Bonchev–Trinajstić information content (AvgIpc) is 2.49. The van der Waals surface area contributed by atoms with Crippen LogP contribution in [0.3, 0.4) is 0 Å². The molecule has 0 aromatic carbocycles. The van der Waals surface area contributed by atoms with Crippen LogP contribution in [0.25, 0.3) is 0 Å². The van der Waals surface area contributed by atoms with Crippen LogP contribution in [0.4, 0.5) is 0 Å². The van der Waals surface area contributed by atoms with E-state index in [0.717, 1.165) is 30.5 Å². The third-order valence-electron chi connectivity index (χ3n) is 5.69. The number of hydrogen-bond donors (Lipinski definition) is 1. The summed E-state index contributed by atoms with van der Waals surface area (Å²) < 4.78 is 0. The minimum absolute atomic E-state index is 0.753. The fourth-order valence-corrected chi connectivity index (χ4v) is 4.54. The third-order valence-corrected chi connectivity index (χ3v) is 5.69. The summed E-state index contributed by atoms with van der Waals surface area (Å²) in [6, 6.07) is 1.57. The summed E-state index contributed by atoms with van der Waals surface area (Å²) in [7, 11) is 0. The maximum atomic E-state index is 3.79.